The number of ketones is 2. The van der Waals surface area contributed by atoms with Gasteiger partial charge in [0.1, 0.15) is 24.1 Å². The van der Waals surface area contributed by atoms with Crippen molar-refractivity contribution in [3.63, 3.8) is 0 Å². The number of carbonyl (C=O) groups excluding carboxylic acids is 4. The van der Waals surface area contributed by atoms with Crippen molar-refractivity contribution in [2.24, 2.45) is 11.8 Å². The lowest BCUT2D eigenvalue weighted by Crippen LogP contribution is -2.05. The lowest BCUT2D eigenvalue weighted by Gasteiger charge is -1.97. The van der Waals surface area contributed by atoms with Gasteiger partial charge in [-0.15, -0.1) is 13.2 Å². The van der Waals surface area contributed by atoms with Gasteiger partial charge in [-0.25, -0.2) is 0 Å². The maximum absolute atomic E-state index is 10.4. The van der Waals surface area contributed by atoms with Crippen molar-refractivity contribution in [2.45, 2.75) is 40.5 Å². The molecule has 0 aromatic rings. The van der Waals surface area contributed by atoms with Crippen LogP contribution in [0, 0.1) is 11.8 Å². The molecule has 0 aromatic heterocycles. The third-order valence-electron chi connectivity index (χ3n) is 1.99. The van der Waals surface area contributed by atoms with Crippen LogP contribution in [0.15, 0.2) is 13.2 Å². The van der Waals surface area contributed by atoms with Crippen LogP contribution in [0.5, 0.6) is 0 Å². The zero-order valence-electron chi connectivity index (χ0n) is 11.8. The summed E-state index contributed by atoms with van der Waals surface area (Å²) in [4.78, 5) is 40.3. The smallest absolute Gasteiger partial charge is 0.133 e. The predicted octanol–water partition coefficient (Wildman–Crippen LogP) is 2.40. The number of hydrogen-bond donors (Lipinski definition) is 0. The molecule has 0 saturated carbocycles. The lowest BCUT2D eigenvalue weighted by molar-refractivity contribution is -0.122. The molecule has 2 unspecified atom stereocenters. The van der Waals surface area contributed by atoms with Gasteiger partial charge in [-0.2, -0.15) is 0 Å². The molecule has 0 aliphatic carbocycles. The maximum atomic E-state index is 10.4. The Balaban J connectivity index is -0.000000219. The fraction of sp³-hybridized carbons (Fsp3) is 0.571. The van der Waals surface area contributed by atoms with E-state index in [1.807, 2.05) is 0 Å². The number of hydrogen-bond acceptors (Lipinski definition) is 4. The van der Waals surface area contributed by atoms with Crippen molar-refractivity contribution in [1.29, 1.82) is 0 Å². The zero-order valence-corrected chi connectivity index (χ0v) is 11.8. The van der Waals surface area contributed by atoms with Crippen LogP contribution in [0.1, 0.15) is 40.5 Å². The van der Waals surface area contributed by atoms with Gasteiger partial charge in [0, 0.05) is 24.7 Å². The molecule has 0 aliphatic rings. The molecule has 0 spiro atoms. The summed E-state index contributed by atoms with van der Waals surface area (Å²) in [5, 5.41) is 0. The molecular formula is C14H24O4. The van der Waals surface area contributed by atoms with E-state index in [-0.39, 0.29) is 23.4 Å². The molecule has 0 amide bonds. The molecule has 0 N–H and O–H groups in total. The van der Waals surface area contributed by atoms with Gasteiger partial charge in [0.15, 0.2) is 0 Å². The topological polar surface area (TPSA) is 68.3 Å². The first-order valence-electron chi connectivity index (χ1n) is 5.73. The van der Waals surface area contributed by atoms with E-state index in [1.165, 1.54) is 13.8 Å². The molecule has 0 rings (SSSR count). The monoisotopic (exact) mass is 256 g/mol. The quantitative estimate of drug-likeness (QED) is 0.540. The highest BCUT2D eigenvalue weighted by Crippen LogP contribution is 1.98. The molecule has 4 nitrogen and oxygen atoms in total. The Morgan fingerprint density at radius 1 is 1.11 bits per heavy atom. The van der Waals surface area contributed by atoms with E-state index in [1.54, 1.807) is 13.8 Å². The van der Waals surface area contributed by atoms with Crippen LogP contribution in [-0.2, 0) is 19.2 Å². The molecule has 0 aromatic carbocycles. The standard InChI is InChI=1S/2C6H10O2.C2H4/c1-5(4-7)3-6(2)8;1-5(3-4-7)6(2)8;1-2/h2*4-5H,3H2,1-2H3;1-2H2. The van der Waals surface area contributed by atoms with Gasteiger partial charge in [0.2, 0.25) is 0 Å². The first-order chi connectivity index (χ1) is 8.34. The Kier molecular flexibility index (Phi) is 18.6. The van der Waals surface area contributed by atoms with Gasteiger partial charge in [-0.05, 0) is 13.8 Å². The summed E-state index contributed by atoms with van der Waals surface area (Å²) < 4.78 is 0. The van der Waals surface area contributed by atoms with E-state index in [4.69, 9.17) is 0 Å². The third kappa shape index (κ3) is 19.9. The second-order valence-corrected chi connectivity index (χ2v) is 3.93. The summed E-state index contributed by atoms with van der Waals surface area (Å²) in [6.07, 6.45) is 2.30. The molecule has 0 heterocycles. The van der Waals surface area contributed by atoms with Crippen LogP contribution < -0.4 is 0 Å². The summed E-state index contributed by atoms with van der Waals surface area (Å²) in [5.41, 5.74) is 0. The van der Waals surface area contributed by atoms with Gasteiger partial charge in [0.05, 0.1) is 0 Å². The van der Waals surface area contributed by atoms with Crippen LogP contribution in [0.3, 0.4) is 0 Å². The second kappa shape index (κ2) is 15.4. The van der Waals surface area contributed by atoms with Gasteiger partial charge in [0.25, 0.3) is 0 Å². The number of carbonyl (C=O) groups is 4. The van der Waals surface area contributed by atoms with Crippen LogP contribution in [0.2, 0.25) is 0 Å². The maximum Gasteiger partial charge on any atom is 0.133 e. The summed E-state index contributed by atoms with van der Waals surface area (Å²) in [6.45, 7) is 12.5. The SMILES string of the molecule is C=C.CC(=O)C(C)CC=O.CC(=O)CC(C)C=O. The highest BCUT2D eigenvalue weighted by Gasteiger charge is 2.04. The van der Waals surface area contributed by atoms with Crippen molar-refractivity contribution >= 4 is 24.1 Å². The van der Waals surface area contributed by atoms with E-state index < -0.39 is 0 Å². The normalized spacial score (nSPS) is 11.6. The summed E-state index contributed by atoms with van der Waals surface area (Å²) in [7, 11) is 0. The molecule has 18 heavy (non-hydrogen) atoms. The molecule has 2 atom stereocenters. The van der Waals surface area contributed by atoms with E-state index in [2.05, 4.69) is 13.2 Å². The molecule has 4 heteroatoms. The molecule has 104 valence electrons. The van der Waals surface area contributed by atoms with E-state index in [9.17, 15) is 19.2 Å². The summed E-state index contributed by atoms with van der Waals surface area (Å²) in [5.74, 6) is -0.0401. The van der Waals surface area contributed by atoms with Crippen molar-refractivity contribution in [3.05, 3.63) is 13.2 Å². The molecule has 0 fully saturated rings. The van der Waals surface area contributed by atoms with Crippen LogP contribution in [-0.4, -0.2) is 24.1 Å². The largest absolute Gasteiger partial charge is 0.303 e. The first kappa shape index (κ1) is 21.7. The Morgan fingerprint density at radius 3 is 1.67 bits per heavy atom. The molecule has 0 saturated heterocycles. The summed E-state index contributed by atoms with van der Waals surface area (Å²) in [6, 6.07) is 0. The van der Waals surface area contributed by atoms with Crippen LogP contribution >= 0.6 is 0 Å². The van der Waals surface area contributed by atoms with Crippen molar-refractivity contribution in [1.82, 2.24) is 0 Å². The van der Waals surface area contributed by atoms with Crippen molar-refractivity contribution in [3.8, 4) is 0 Å². The van der Waals surface area contributed by atoms with E-state index in [0.29, 0.717) is 12.8 Å². The Morgan fingerprint density at radius 2 is 1.56 bits per heavy atom. The minimum atomic E-state index is -0.104. The lowest BCUT2D eigenvalue weighted by atomic mass is 10.1. The Labute approximate surface area is 109 Å². The number of rotatable bonds is 6. The second-order valence-electron chi connectivity index (χ2n) is 3.93. The molecule has 0 radical (unpaired) electrons. The average Bonchev–Trinajstić information content (AvgIpc) is 2.31. The number of Topliss-reactive ketones (excluding diaryl/α,β-unsaturated/α-hetero) is 2. The summed E-state index contributed by atoms with van der Waals surface area (Å²) >= 11 is 0. The molecule has 0 aliphatic heterocycles. The molecule has 0 bridgehead atoms. The number of aldehydes is 2. The highest BCUT2D eigenvalue weighted by atomic mass is 16.1. The predicted molar refractivity (Wildman–Crippen MR) is 72.3 cm³/mol. The fourth-order valence-electron chi connectivity index (χ4n) is 0.812. The van der Waals surface area contributed by atoms with Gasteiger partial charge >= 0.3 is 0 Å². The Hall–Kier alpha value is -1.58. The fourth-order valence-corrected chi connectivity index (χ4v) is 0.812. The van der Waals surface area contributed by atoms with Crippen molar-refractivity contribution in [2.75, 3.05) is 0 Å². The van der Waals surface area contributed by atoms with Crippen LogP contribution in [0.4, 0.5) is 0 Å². The Bertz CT molecular complexity index is 259. The van der Waals surface area contributed by atoms with Crippen LogP contribution in [0.25, 0.3) is 0 Å². The minimum absolute atomic E-state index is 0.0737. The van der Waals surface area contributed by atoms with E-state index >= 15 is 0 Å². The third-order valence-corrected chi connectivity index (χ3v) is 1.99. The highest BCUT2D eigenvalue weighted by molar-refractivity contribution is 5.80. The minimum Gasteiger partial charge on any atom is -0.303 e. The first-order valence-corrected chi connectivity index (χ1v) is 5.73. The van der Waals surface area contributed by atoms with E-state index in [0.717, 1.165) is 12.6 Å². The molecular weight excluding hydrogens is 232 g/mol. The van der Waals surface area contributed by atoms with Gasteiger partial charge < -0.3 is 14.4 Å². The van der Waals surface area contributed by atoms with Crippen molar-refractivity contribution < 1.29 is 19.2 Å². The average molecular weight is 256 g/mol. The van der Waals surface area contributed by atoms with Gasteiger partial charge in [-0.1, -0.05) is 13.8 Å². The zero-order chi connectivity index (χ0) is 15.1. The van der Waals surface area contributed by atoms with Gasteiger partial charge in [-0.3, -0.25) is 4.79 Å².